The van der Waals surface area contributed by atoms with Gasteiger partial charge in [-0.15, -0.1) is 0 Å². The molecule has 1 aromatic heterocycles. The van der Waals surface area contributed by atoms with E-state index in [1.807, 2.05) is 19.2 Å². The first kappa shape index (κ1) is 19.9. The van der Waals surface area contributed by atoms with Gasteiger partial charge in [-0.3, -0.25) is 19.5 Å². The lowest BCUT2D eigenvalue weighted by Crippen LogP contribution is -2.44. The third-order valence-electron chi connectivity index (χ3n) is 5.22. The van der Waals surface area contributed by atoms with E-state index in [0.717, 1.165) is 56.2 Å². The molecule has 2 aliphatic rings. The first-order valence-corrected chi connectivity index (χ1v) is 9.70. The third-order valence-corrected chi connectivity index (χ3v) is 5.22. The van der Waals surface area contributed by atoms with Crippen LogP contribution < -0.4 is 11.1 Å². The number of nitrogens with two attached hydrogens (primary N) is 1. The molecule has 0 bridgehead atoms. The summed E-state index contributed by atoms with van der Waals surface area (Å²) >= 11 is 0. The van der Waals surface area contributed by atoms with Crippen LogP contribution in [0, 0.1) is 0 Å². The number of nitrogens with zero attached hydrogens (tertiary/aromatic N) is 5. The zero-order chi connectivity index (χ0) is 19.6. The van der Waals surface area contributed by atoms with Crippen LogP contribution in [0.15, 0.2) is 22.8 Å². The van der Waals surface area contributed by atoms with Gasteiger partial charge >= 0.3 is 0 Å². The molecule has 27 heavy (non-hydrogen) atoms. The number of aliphatic imine (C=N–C) groups is 1. The lowest BCUT2D eigenvalue weighted by Gasteiger charge is -2.29. The number of hydrogen-bond acceptors (Lipinski definition) is 7. The van der Waals surface area contributed by atoms with Crippen molar-refractivity contribution in [1.29, 1.82) is 0 Å². The molecule has 1 saturated heterocycles. The predicted molar refractivity (Wildman–Crippen MR) is 108 cm³/mol. The van der Waals surface area contributed by atoms with Gasteiger partial charge in [0.2, 0.25) is 0 Å². The number of nitrogens with one attached hydrogen (secondary N) is 1. The van der Waals surface area contributed by atoms with Crippen molar-refractivity contribution in [2.24, 2.45) is 17.8 Å². The molecule has 0 saturated carbocycles. The van der Waals surface area contributed by atoms with Crippen LogP contribution in [-0.4, -0.2) is 69.6 Å². The molecule has 0 aliphatic carbocycles. The van der Waals surface area contributed by atoms with Crippen LogP contribution in [-0.2, 0) is 12.5 Å². The summed E-state index contributed by atoms with van der Waals surface area (Å²) in [7, 11) is 1.90. The molecule has 1 fully saturated rings. The number of dihydropyridines is 1. The van der Waals surface area contributed by atoms with Gasteiger partial charge in [-0.25, -0.2) is 0 Å². The summed E-state index contributed by atoms with van der Waals surface area (Å²) in [5.74, 6) is 0.825. The monoisotopic (exact) mass is 375 g/mol. The average molecular weight is 376 g/mol. The first-order valence-electron chi connectivity index (χ1n) is 9.70. The Morgan fingerprint density at radius 2 is 2.04 bits per heavy atom. The fourth-order valence-corrected chi connectivity index (χ4v) is 3.46. The standard InChI is InChI=1S/C19H33N7O/c1-19(2,3)15-12-17(24(4)23-15)22-18(27)26-9-5-8-25(10-11-26)16-7-6-14(20)13-21-16/h6,12-13,16,18,22,27H,5,7-11,20H2,1-4H3. The number of aliphatic hydroxyl groups excluding tert-OH is 1. The third kappa shape index (κ3) is 4.88. The minimum atomic E-state index is -0.737. The van der Waals surface area contributed by atoms with E-state index in [4.69, 9.17) is 5.73 Å². The van der Waals surface area contributed by atoms with E-state index in [1.165, 1.54) is 0 Å². The topological polar surface area (TPSA) is 94.9 Å². The van der Waals surface area contributed by atoms with Crippen LogP contribution in [0.4, 0.5) is 5.82 Å². The molecule has 0 aromatic carbocycles. The minimum absolute atomic E-state index is 0.0237. The Morgan fingerprint density at radius 3 is 2.67 bits per heavy atom. The van der Waals surface area contributed by atoms with Gasteiger partial charge in [0.15, 0.2) is 6.35 Å². The van der Waals surface area contributed by atoms with Crippen LogP contribution in [0.1, 0.15) is 39.3 Å². The zero-order valence-electron chi connectivity index (χ0n) is 16.9. The highest BCUT2D eigenvalue weighted by Crippen LogP contribution is 2.24. The molecule has 3 rings (SSSR count). The molecule has 4 N–H and O–H groups in total. The fraction of sp³-hybridized carbons (Fsp3) is 0.684. The Balaban J connectivity index is 1.58. The predicted octanol–water partition coefficient (Wildman–Crippen LogP) is 1.06. The molecule has 0 radical (unpaired) electrons. The molecule has 8 nitrogen and oxygen atoms in total. The summed E-state index contributed by atoms with van der Waals surface area (Å²) in [6.07, 6.45) is 5.05. The van der Waals surface area contributed by atoms with Gasteiger partial charge in [0.1, 0.15) is 12.0 Å². The van der Waals surface area contributed by atoms with E-state index < -0.39 is 6.35 Å². The van der Waals surface area contributed by atoms with Gasteiger partial charge in [-0.05, 0) is 6.42 Å². The number of aliphatic hydroxyl groups is 1. The second-order valence-corrected chi connectivity index (χ2v) is 8.43. The number of rotatable bonds is 4. The van der Waals surface area contributed by atoms with Crippen molar-refractivity contribution in [1.82, 2.24) is 19.6 Å². The van der Waals surface area contributed by atoms with E-state index >= 15 is 0 Å². The van der Waals surface area contributed by atoms with Crippen molar-refractivity contribution < 1.29 is 5.11 Å². The van der Waals surface area contributed by atoms with Gasteiger partial charge in [0.25, 0.3) is 0 Å². The summed E-state index contributed by atoms with van der Waals surface area (Å²) in [5, 5.41) is 18.5. The highest BCUT2D eigenvalue weighted by Gasteiger charge is 2.26. The van der Waals surface area contributed by atoms with Gasteiger partial charge in [0, 0.05) is 63.0 Å². The molecule has 1 aromatic rings. The lowest BCUT2D eigenvalue weighted by atomic mass is 9.92. The SMILES string of the molecule is Cn1nc(C(C)(C)C)cc1NC(O)N1CCCN(C2CC=C(N)C=N2)CC1. The molecule has 0 spiro atoms. The van der Waals surface area contributed by atoms with Crippen molar-refractivity contribution in [3.8, 4) is 0 Å². The first-order chi connectivity index (χ1) is 12.7. The van der Waals surface area contributed by atoms with E-state index in [2.05, 4.69) is 46.0 Å². The van der Waals surface area contributed by atoms with Crippen molar-refractivity contribution in [3.05, 3.63) is 23.5 Å². The van der Waals surface area contributed by atoms with E-state index in [-0.39, 0.29) is 11.6 Å². The van der Waals surface area contributed by atoms with E-state index in [9.17, 15) is 5.11 Å². The molecular weight excluding hydrogens is 342 g/mol. The van der Waals surface area contributed by atoms with E-state index in [0.29, 0.717) is 0 Å². The Kier molecular flexibility index (Phi) is 5.88. The zero-order valence-corrected chi connectivity index (χ0v) is 16.9. The highest BCUT2D eigenvalue weighted by atomic mass is 16.3. The minimum Gasteiger partial charge on any atom is -0.398 e. The molecular formula is C19H33N7O. The fourth-order valence-electron chi connectivity index (χ4n) is 3.46. The van der Waals surface area contributed by atoms with Crippen LogP contribution in [0.5, 0.6) is 0 Å². The maximum Gasteiger partial charge on any atom is 0.185 e. The van der Waals surface area contributed by atoms with Gasteiger partial charge in [-0.1, -0.05) is 26.8 Å². The lowest BCUT2D eigenvalue weighted by molar-refractivity contribution is 0.0276. The van der Waals surface area contributed by atoms with Crippen LogP contribution in [0.2, 0.25) is 0 Å². The molecule has 8 heteroatoms. The second-order valence-electron chi connectivity index (χ2n) is 8.43. The van der Waals surface area contributed by atoms with Crippen LogP contribution >= 0.6 is 0 Å². The van der Waals surface area contributed by atoms with Crippen molar-refractivity contribution >= 4 is 12.0 Å². The van der Waals surface area contributed by atoms with Crippen LogP contribution in [0.25, 0.3) is 0 Å². The second kappa shape index (κ2) is 8.00. The van der Waals surface area contributed by atoms with Gasteiger partial charge in [-0.2, -0.15) is 5.10 Å². The molecule has 150 valence electrons. The quantitative estimate of drug-likeness (QED) is 0.681. The summed E-state index contributed by atoms with van der Waals surface area (Å²) in [4.78, 5) is 8.99. The molecule has 3 heterocycles. The highest BCUT2D eigenvalue weighted by molar-refractivity contribution is 5.78. The summed E-state index contributed by atoms with van der Waals surface area (Å²) in [5.41, 5.74) is 7.49. The van der Waals surface area contributed by atoms with Crippen molar-refractivity contribution in [2.45, 2.75) is 51.5 Å². The van der Waals surface area contributed by atoms with Crippen LogP contribution in [0.3, 0.4) is 0 Å². The summed E-state index contributed by atoms with van der Waals surface area (Å²) < 4.78 is 1.79. The Morgan fingerprint density at radius 1 is 1.26 bits per heavy atom. The molecule has 0 amide bonds. The van der Waals surface area contributed by atoms with Gasteiger partial charge < -0.3 is 16.2 Å². The maximum atomic E-state index is 10.7. The van der Waals surface area contributed by atoms with Crippen molar-refractivity contribution in [2.75, 3.05) is 31.5 Å². The summed E-state index contributed by atoms with van der Waals surface area (Å²) in [6, 6.07) is 2.01. The number of aryl methyl sites for hydroxylation is 1. The Hall–Kier alpha value is -1.90. The summed E-state index contributed by atoms with van der Waals surface area (Å²) in [6.45, 7) is 9.86. The van der Waals surface area contributed by atoms with Crippen molar-refractivity contribution in [3.63, 3.8) is 0 Å². The average Bonchev–Trinajstić information content (AvgIpc) is 2.83. The number of aromatic nitrogens is 2. The molecule has 2 aliphatic heterocycles. The normalized spacial score (nSPS) is 23.7. The smallest absolute Gasteiger partial charge is 0.185 e. The molecule has 2 atom stereocenters. The largest absolute Gasteiger partial charge is 0.398 e. The number of hydrogen-bond donors (Lipinski definition) is 3. The number of allylic oxidation sites excluding steroid dienone is 1. The Labute approximate surface area is 161 Å². The maximum absolute atomic E-state index is 10.7. The Bertz CT molecular complexity index is 703. The van der Waals surface area contributed by atoms with Gasteiger partial charge in [0.05, 0.1) is 5.69 Å². The number of anilines is 1. The van der Waals surface area contributed by atoms with E-state index in [1.54, 1.807) is 10.9 Å². The molecule has 2 unspecified atom stereocenters.